The third-order valence-electron chi connectivity index (χ3n) is 6.51. The molecule has 6 nitrogen and oxygen atoms in total. The highest BCUT2D eigenvalue weighted by atomic mass is 19.4. The van der Waals surface area contributed by atoms with Crippen LogP contribution in [0.4, 0.5) is 25.1 Å². The molecule has 3 saturated carbocycles. The molecule has 30 heavy (non-hydrogen) atoms. The molecular weight excluding hydrogens is 393 g/mol. The molecular formula is C21H25F3N6. The van der Waals surface area contributed by atoms with Gasteiger partial charge in [-0.1, -0.05) is 13.0 Å². The van der Waals surface area contributed by atoms with Gasteiger partial charge in [0.25, 0.3) is 0 Å². The van der Waals surface area contributed by atoms with Crippen molar-refractivity contribution in [1.29, 1.82) is 0 Å². The lowest BCUT2D eigenvalue weighted by Gasteiger charge is -2.17. The zero-order chi connectivity index (χ0) is 20.9. The van der Waals surface area contributed by atoms with Gasteiger partial charge in [0.05, 0.1) is 0 Å². The van der Waals surface area contributed by atoms with Crippen LogP contribution in [-0.4, -0.2) is 32.0 Å². The van der Waals surface area contributed by atoms with E-state index in [2.05, 4.69) is 37.5 Å². The lowest BCUT2D eigenvalue weighted by atomic mass is 10.1. The largest absolute Gasteiger partial charge is 0.433 e. The summed E-state index contributed by atoms with van der Waals surface area (Å²) >= 11 is 0. The maximum Gasteiger partial charge on any atom is 0.433 e. The van der Waals surface area contributed by atoms with Crippen LogP contribution in [0, 0.1) is 17.8 Å². The van der Waals surface area contributed by atoms with Gasteiger partial charge in [-0.3, -0.25) is 0 Å². The monoisotopic (exact) mass is 418 g/mol. The van der Waals surface area contributed by atoms with Crippen LogP contribution < -0.4 is 10.6 Å². The zero-order valence-corrected chi connectivity index (χ0v) is 16.8. The first-order valence-electron chi connectivity index (χ1n) is 10.7. The van der Waals surface area contributed by atoms with E-state index in [0.29, 0.717) is 23.9 Å². The molecule has 0 aromatic carbocycles. The van der Waals surface area contributed by atoms with Gasteiger partial charge < -0.3 is 10.6 Å². The molecule has 0 amide bonds. The summed E-state index contributed by atoms with van der Waals surface area (Å²) in [7, 11) is 0. The summed E-state index contributed by atoms with van der Waals surface area (Å²) in [5, 5.41) is 6.74. The highest BCUT2D eigenvalue weighted by molar-refractivity contribution is 5.54. The van der Waals surface area contributed by atoms with Crippen molar-refractivity contribution >= 4 is 11.9 Å². The fraction of sp³-hybridized carbons (Fsp3) is 0.619. The van der Waals surface area contributed by atoms with Crippen molar-refractivity contribution in [2.75, 3.05) is 10.6 Å². The summed E-state index contributed by atoms with van der Waals surface area (Å²) in [4.78, 5) is 17.1. The molecule has 160 valence electrons. The second-order valence-corrected chi connectivity index (χ2v) is 9.04. The van der Waals surface area contributed by atoms with Crippen LogP contribution in [0.2, 0.25) is 0 Å². The van der Waals surface area contributed by atoms with Crippen LogP contribution in [0.5, 0.6) is 0 Å². The Balaban J connectivity index is 1.44. The molecule has 3 fully saturated rings. The van der Waals surface area contributed by atoms with E-state index in [1.807, 2.05) is 0 Å². The molecule has 4 unspecified atom stereocenters. The average Bonchev–Trinajstić information content (AvgIpc) is 3.09. The maximum atomic E-state index is 13.1. The molecule has 2 aromatic heterocycles. The van der Waals surface area contributed by atoms with Gasteiger partial charge in [-0.05, 0) is 68.4 Å². The summed E-state index contributed by atoms with van der Waals surface area (Å²) in [6, 6.07) is 4.35. The SMILES string of the molecule is CC1CCC(Nc2nc(NC3CC4CC4C3)nc(-c3cccc(C(F)(F)F)n3)n2)C1. The fourth-order valence-electron chi connectivity index (χ4n) is 4.87. The Hall–Kier alpha value is -2.45. The molecule has 0 aliphatic heterocycles. The number of anilines is 2. The first-order chi connectivity index (χ1) is 14.3. The number of pyridine rings is 1. The summed E-state index contributed by atoms with van der Waals surface area (Å²) in [6.45, 7) is 2.21. The molecule has 0 bridgehead atoms. The van der Waals surface area contributed by atoms with Gasteiger partial charge in [-0.25, -0.2) is 4.98 Å². The van der Waals surface area contributed by atoms with E-state index in [0.717, 1.165) is 50.0 Å². The minimum Gasteiger partial charge on any atom is -0.351 e. The number of hydrogen-bond acceptors (Lipinski definition) is 6. The van der Waals surface area contributed by atoms with Crippen molar-refractivity contribution in [3.63, 3.8) is 0 Å². The van der Waals surface area contributed by atoms with Crippen molar-refractivity contribution in [2.24, 2.45) is 17.8 Å². The van der Waals surface area contributed by atoms with Crippen molar-refractivity contribution in [3.8, 4) is 11.5 Å². The van der Waals surface area contributed by atoms with Gasteiger partial charge >= 0.3 is 6.18 Å². The minimum atomic E-state index is -4.52. The van der Waals surface area contributed by atoms with E-state index >= 15 is 0 Å². The van der Waals surface area contributed by atoms with Crippen LogP contribution in [0.25, 0.3) is 11.5 Å². The molecule has 2 aromatic rings. The summed E-state index contributed by atoms with van der Waals surface area (Å²) in [5.41, 5.74) is -0.864. The maximum absolute atomic E-state index is 13.1. The van der Waals surface area contributed by atoms with Gasteiger partial charge in [0.2, 0.25) is 11.9 Å². The number of nitrogens with zero attached hydrogens (tertiary/aromatic N) is 4. The standard InChI is InChI=1S/C21H25F3N6/c1-11-5-6-14(7-11)25-19-28-18(16-3-2-4-17(27-16)21(22,23)24)29-20(30-19)26-15-9-12-8-13(12)10-15/h2-4,11-15H,5-10H2,1H3,(H2,25,26,28,29,30). The topological polar surface area (TPSA) is 75.6 Å². The number of aromatic nitrogens is 4. The highest BCUT2D eigenvalue weighted by Crippen LogP contribution is 2.52. The lowest BCUT2D eigenvalue weighted by Crippen LogP contribution is -2.22. The van der Waals surface area contributed by atoms with Crippen LogP contribution >= 0.6 is 0 Å². The molecule has 0 radical (unpaired) electrons. The van der Waals surface area contributed by atoms with Gasteiger partial charge in [-0.2, -0.15) is 28.1 Å². The van der Waals surface area contributed by atoms with Crippen molar-refractivity contribution in [1.82, 2.24) is 19.9 Å². The molecule has 3 aliphatic rings. The van der Waals surface area contributed by atoms with Gasteiger partial charge in [0.1, 0.15) is 11.4 Å². The average molecular weight is 418 g/mol. The van der Waals surface area contributed by atoms with E-state index in [9.17, 15) is 13.2 Å². The Morgan fingerprint density at radius 2 is 1.53 bits per heavy atom. The molecule has 4 atom stereocenters. The van der Waals surface area contributed by atoms with Crippen LogP contribution in [0.15, 0.2) is 18.2 Å². The summed E-state index contributed by atoms with van der Waals surface area (Å²) in [6.07, 6.45) is 2.17. The Morgan fingerprint density at radius 1 is 0.833 bits per heavy atom. The first-order valence-corrected chi connectivity index (χ1v) is 10.7. The Morgan fingerprint density at radius 3 is 2.17 bits per heavy atom. The molecule has 0 saturated heterocycles. The molecule has 2 N–H and O–H groups in total. The molecule has 5 rings (SSSR count). The first kappa shape index (κ1) is 19.5. The number of nitrogens with one attached hydrogen (secondary N) is 2. The number of fused-ring (bicyclic) bond motifs is 1. The van der Waals surface area contributed by atoms with Crippen molar-refractivity contribution in [2.45, 2.75) is 63.7 Å². The van der Waals surface area contributed by atoms with Crippen LogP contribution in [0.1, 0.15) is 51.1 Å². The van der Waals surface area contributed by atoms with E-state index in [1.165, 1.54) is 18.6 Å². The number of alkyl halides is 3. The van der Waals surface area contributed by atoms with Crippen molar-refractivity contribution < 1.29 is 13.2 Å². The quantitative estimate of drug-likeness (QED) is 0.729. The summed E-state index contributed by atoms with van der Waals surface area (Å²) < 4.78 is 39.4. The second kappa shape index (κ2) is 7.35. The molecule has 0 spiro atoms. The third kappa shape index (κ3) is 4.20. The lowest BCUT2D eigenvalue weighted by molar-refractivity contribution is -0.141. The fourth-order valence-corrected chi connectivity index (χ4v) is 4.87. The van der Waals surface area contributed by atoms with E-state index < -0.39 is 11.9 Å². The van der Waals surface area contributed by atoms with E-state index in [-0.39, 0.29) is 17.6 Å². The zero-order valence-electron chi connectivity index (χ0n) is 16.8. The molecule has 9 heteroatoms. The van der Waals surface area contributed by atoms with Crippen LogP contribution in [0.3, 0.4) is 0 Å². The molecule has 2 heterocycles. The normalized spacial score (nSPS) is 30.2. The van der Waals surface area contributed by atoms with Gasteiger partial charge in [0, 0.05) is 12.1 Å². The van der Waals surface area contributed by atoms with Gasteiger partial charge in [0.15, 0.2) is 5.82 Å². The number of hydrogen-bond donors (Lipinski definition) is 2. The summed E-state index contributed by atoms with van der Waals surface area (Å²) in [5.74, 6) is 3.17. The van der Waals surface area contributed by atoms with E-state index in [4.69, 9.17) is 0 Å². The third-order valence-corrected chi connectivity index (χ3v) is 6.51. The second-order valence-electron chi connectivity index (χ2n) is 9.04. The predicted molar refractivity (Wildman–Crippen MR) is 107 cm³/mol. The Bertz CT molecular complexity index is 895. The molecule has 3 aliphatic carbocycles. The van der Waals surface area contributed by atoms with Crippen LogP contribution in [-0.2, 0) is 6.18 Å². The van der Waals surface area contributed by atoms with E-state index in [1.54, 1.807) is 0 Å². The smallest absolute Gasteiger partial charge is 0.351 e. The minimum absolute atomic E-state index is 0.0902. The highest BCUT2D eigenvalue weighted by Gasteiger charge is 2.46. The predicted octanol–water partition coefficient (Wildman–Crippen LogP) is 4.76. The Kier molecular flexibility index (Phi) is 4.78. The Labute approximate surface area is 173 Å². The number of halogens is 3. The van der Waals surface area contributed by atoms with Crippen molar-refractivity contribution in [3.05, 3.63) is 23.9 Å². The van der Waals surface area contributed by atoms with Gasteiger partial charge in [-0.15, -0.1) is 0 Å². The number of rotatable bonds is 5.